The summed E-state index contributed by atoms with van der Waals surface area (Å²) >= 11 is 0. The largest absolute Gasteiger partial charge is 0.416 e. The maximum absolute atomic E-state index is 13.6. The Labute approximate surface area is 194 Å². The summed E-state index contributed by atoms with van der Waals surface area (Å²) in [5.41, 5.74) is 2.48. The lowest BCUT2D eigenvalue weighted by atomic mass is 9.82. The fourth-order valence-corrected chi connectivity index (χ4v) is 4.47. The van der Waals surface area contributed by atoms with Gasteiger partial charge in [0, 0.05) is 23.7 Å². The third-order valence-electron chi connectivity index (χ3n) is 6.40. The first-order chi connectivity index (χ1) is 16.1. The molecule has 180 valence electrons. The van der Waals surface area contributed by atoms with Gasteiger partial charge in [0.05, 0.1) is 28.2 Å². The quantitative estimate of drug-likeness (QED) is 0.248. The predicted molar refractivity (Wildman–Crippen MR) is 124 cm³/mol. The van der Waals surface area contributed by atoms with Gasteiger partial charge in [-0.25, -0.2) is 8.78 Å². The molecule has 0 atom stereocenters. The maximum atomic E-state index is 13.6. The van der Waals surface area contributed by atoms with Gasteiger partial charge in [-0.1, -0.05) is 25.3 Å². The monoisotopic (exact) mass is 475 g/mol. The number of alkyl halides is 3. The number of H-pyrrole nitrogens is 1. The van der Waals surface area contributed by atoms with Gasteiger partial charge >= 0.3 is 6.18 Å². The van der Waals surface area contributed by atoms with E-state index in [4.69, 9.17) is 0 Å². The van der Waals surface area contributed by atoms with E-state index in [1.807, 2.05) is 0 Å². The normalized spacial score (nSPS) is 18.6. The van der Waals surface area contributed by atoms with E-state index in [2.05, 4.69) is 28.8 Å². The van der Waals surface area contributed by atoms with Gasteiger partial charge in [-0.2, -0.15) is 13.2 Å². The van der Waals surface area contributed by atoms with E-state index in [-0.39, 0.29) is 6.04 Å². The summed E-state index contributed by atoms with van der Waals surface area (Å²) in [6.45, 7) is 8.05. The second-order valence-electron chi connectivity index (χ2n) is 8.86. The lowest BCUT2D eigenvalue weighted by molar-refractivity contribution is -0.137. The van der Waals surface area contributed by atoms with Crippen molar-refractivity contribution < 1.29 is 22.0 Å². The fourth-order valence-electron chi connectivity index (χ4n) is 4.47. The molecule has 0 saturated heterocycles. The van der Waals surface area contributed by atoms with E-state index >= 15 is 0 Å². The van der Waals surface area contributed by atoms with Crippen LogP contribution in [0.3, 0.4) is 0 Å². The number of nitrogens with one attached hydrogen (secondary N) is 3. The van der Waals surface area contributed by atoms with E-state index in [1.54, 1.807) is 18.3 Å². The average molecular weight is 476 g/mol. The van der Waals surface area contributed by atoms with Crippen LogP contribution in [0.2, 0.25) is 0 Å². The zero-order valence-electron chi connectivity index (χ0n) is 18.5. The molecule has 0 radical (unpaired) electrons. The number of aromatic nitrogens is 1. The number of fused-ring (bicyclic) bond motifs is 1. The molecule has 8 heteroatoms. The lowest BCUT2D eigenvalue weighted by Crippen LogP contribution is -2.34. The van der Waals surface area contributed by atoms with E-state index in [0.29, 0.717) is 33.9 Å². The molecule has 0 bridgehead atoms. The van der Waals surface area contributed by atoms with Crippen molar-refractivity contribution in [1.82, 2.24) is 10.3 Å². The molecule has 4 rings (SSSR count). The van der Waals surface area contributed by atoms with Crippen LogP contribution in [-0.4, -0.2) is 11.0 Å². The molecule has 1 aliphatic rings. The number of anilines is 1. The lowest BCUT2D eigenvalue weighted by Gasteiger charge is -2.31. The van der Waals surface area contributed by atoms with E-state index in [1.165, 1.54) is 0 Å². The van der Waals surface area contributed by atoms with E-state index < -0.39 is 23.4 Å². The van der Waals surface area contributed by atoms with Gasteiger partial charge < -0.3 is 15.6 Å². The molecule has 3 N–H and O–H groups in total. The number of hydrogen-bond donors (Lipinski definition) is 3. The molecule has 34 heavy (non-hydrogen) atoms. The van der Waals surface area contributed by atoms with Crippen molar-refractivity contribution in [2.45, 2.75) is 44.3 Å². The minimum atomic E-state index is -4.31. The Hall–Kier alpha value is -3.29. The van der Waals surface area contributed by atoms with Gasteiger partial charge in [-0.05, 0) is 61.8 Å². The summed E-state index contributed by atoms with van der Waals surface area (Å²) < 4.78 is 65.2. The van der Waals surface area contributed by atoms with Gasteiger partial charge in [-0.3, -0.25) is 0 Å². The molecule has 1 aliphatic carbocycles. The highest BCUT2D eigenvalue weighted by atomic mass is 19.4. The molecule has 1 saturated carbocycles. The van der Waals surface area contributed by atoms with Gasteiger partial charge in [0.15, 0.2) is 11.6 Å². The molecule has 0 unspecified atom stereocenters. The van der Waals surface area contributed by atoms with Crippen molar-refractivity contribution >= 4 is 16.6 Å². The molecular weight excluding hydrogens is 449 g/mol. The Morgan fingerprint density at radius 3 is 2.24 bits per heavy atom. The summed E-state index contributed by atoms with van der Waals surface area (Å²) in [6.07, 6.45) is 1.81. The first-order valence-corrected chi connectivity index (χ1v) is 11.1. The minimum Gasteiger partial charge on any atom is -0.381 e. The molecule has 0 spiro atoms. The smallest absolute Gasteiger partial charge is 0.381 e. The minimum absolute atomic E-state index is 0.212. The molecule has 1 heterocycles. The maximum Gasteiger partial charge on any atom is 0.416 e. The van der Waals surface area contributed by atoms with Crippen molar-refractivity contribution in [3.63, 3.8) is 0 Å². The number of rotatable bonds is 7. The molecule has 1 fully saturated rings. The topological polar surface area (TPSA) is 39.9 Å². The van der Waals surface area contributed by atoms with Crippen molar-refractivity contribution in [1.29, 1.82) is 0 Å². The highest BCUT2D eigenvalue weighted by Gasteiger charge is 2.30. The van der Waals surface area contributed by atoms with Crippen molar-refractivity contribution in [3.8, 4) is 0 Å². The SMILES string of the molecule is C=C(Nc1c[nH]c2cc(F)c(F)cc12)C(=C)NC1CCC(Cc2ccc(C(F)(F)F)cc2)CC1. The summed E-state index contributed by atoms with van der Waals surface area (Å²) in [5, 5.41) is 6.99. The molecular formula is C26H26F5N3. The first kappa shape index (κ1) is 23.9. The van der Waals surface area contributed by atoms with Crippen LogP contribution in [0.5, 0.6) is 0 Å². The van der Waals surface area contributed by atoms with Crippen LogP contribution in [-0.2, 0) is 12.6 Å². The summed E-state index contributed by atoms with van der Waals surface area (Å²) in [4.78, 5) is 2.90. The molecule has 3 nitrogen and oxygen atoms in total. The Kier molecular flexibility index (Phi) is 6.68. The van der Waals surface area contributed by atoms with Crippen LogP contribution in [0.4, 0.5) is 27.6 Å². The zero-order chi connectivity index (χ0) is 24.5. The van der Waals surface area contributed by atoms with E-state index in [0.717, 1.165) is 61.9 Å². The van der Waals surface area contributed by atoms with E-state index in [9.17, 15) is 22.0 Å². The first-order valence-electron chi connectivity index (χ1n) is 11.1. The van der Waals surface area contributed by atoms with Gasteiger partial charge in [0.2, 0.25) is 0 Å². The highest BCUT2D eigenvalue weighted by Crippen LogP contribution is 2.32. The molecule has 1 aromatic heterocycles. The van der Waals surface area contributed by atoms with Crippen LogP contribution in [0.15, 0.2) is 67.1 Å². The Morgan fingerprint density at radius 1 is 0.941 bits per heavy atom. The van der Waals surface area contributed by atoms with Crippen LogP contribution in [0, 0.1) is 17.6 Å². The molecule has 3 aromatic rings. The molecule has 0 amide bonds. The Bertz CT molecular complexity index is 1190. The number of halogens is 5. The van der Waals surface area contributed by atoms with Crippen LogP contribution in [0.1, 0.15) is 36.8 Å². The standard InChI is InChI=1S/C26H26F5N3/c1-15(16(2)34-25-14-32-24-13-23(28)22(27)12-21(24)25)33-20-9-5-18(6-10-20)11-17-3-7-19(8-4-17)26(29,30)31/h3-4,7-8,12-14,18,20,32-34H,1-2,5-6,9-11H2. The molecule has 2 aromatic carbocycles. The van der Waals surface area contributed by atoms with Gasteiger partial charge in [0.25, 0.3) is 0 Å². The highest BCUT2D eigenvalue weighted by molar-refractivity contribution is 5.93. The summed E-state index contributed by atoms with van der Waals surface area (Å²) in [5.74, 6) is -1.42. The van der Waals surface area contributed by atoms with Crippen molar-refractivity contribution in [2.24, 2.45) is 5.92 Å². The molecule has 0 aliphatic heterocycles. The number of aromatic amines is 1. The average Bonchev–Trinajstić information content (AvgIpc) is 3.16. The van der Waals surface area contributed by atoms with Crippen LogP contribution < -0.4 is 10.6 Å². The van der Waals surface area contributed by atoms with Crippen LogP contribution in [0.25, 0.3) is 10.9 Å². The summed E-state index contributed by atoms with van der Waals surface area (Å²) in [7, 11) is 0. The van der Waals surface area contributed by atoms with Crippen molar-refractivity contribution in [3.05, 3.63) is 89.9 Å². The summed E-state index contributed by atoms with van der Waals surface area (Å²) in [6, 6.07) is 7.86. The second kappa shape index (κ2) is 9.52. The van der Waals surface area contributed by atoms with Gasteiger partial charge in [0.1, 0.15) is 0 Å². The fraction of sp³-hybridized carbons (Fsp3) is 0.308. The third-order valence-corrected chi connectivity index (χ3v) is 6.40. The second-order valence-corrected chi connectivity index (χ2v) is 8.86. The van der Waals surface area contributed by atoms with Crippen LogP contribution >= 0.6 is 0 Å². The Morgan fingerprint density at radius 2 is 1.59 bits per heavy atom. The Balaban J connectivity index is 1.26. The predicted octanol–water partition coefficient (Wildman–Crippen LogP) is 7.30. The van der Waals surface area contributed by atoms with Crippen molar-refractivity contribution in [2.75, 3.05) is 5.32 Å². The number of benzene rings is 2. The third kappa shape index (κ3) is 5.43. The zero-order valence-corrected chi connectivity index (χ0v) is 18.5. The number of hydrogen-bond acceptors (Lipinski definition) is 2. The van der Waals surface area contributed by atoms with Gasteiger partial charge in [-0.15, -0.1) is 0 Å².